The lowest BCUT2D eigenvalue weighted by Gasteiger charge is -2.18. The monoisotopic (exact) mass is 490 g/mol. The number of nitrogens with one attached hydrogen (secondary N) is 2. The molecule has 0 saturated carbocycles. The maximum Gasteiger partial charge on any atom is 0.242 e. The van der Waals surface area contributed by atoms with Crippen LogP contribution in [0.3, 0.4) is 0 Å². The zero-order chi connectivity index (χ0) is 24.9. The molecule has 3 aromatic rings. The Morgan fingerprint density at radius 1 is 0.800 bits per heavy atom. The maximum atomic E-state index is 13.3. The van der Waals surface area contributed by atoms with Crippen LogP contribution in [-0.2, 0) is 9.59 Å². The fourth-order valence-corrected chi connectivity index (χ4v) is 4.42. The Kier molecular flexibility index (Phi) is 10.7. The topological polar surface area (TPSA) is 67.4 Å². The van der Waals surface area contributed by atoms with Crippen LogP contribution in [0.4, 0.5) is 11.4 Å². The van der Waals surface area contributed by atoms with Crippen molar-refractivity contribution in [2.45, 2.75) is 56.1 Å². The molecule has 0 aliphatic heterocycles. The minimum Gasteiger partial charge on any atom is -0.494 e. The summed E-state index contributed by atoms with van der Waals surface area (Å²) in [4.78, 5) is 26.2. The summed E-state index contributed by atoms with van der Waals surface area (Å²) < 4.78 is 5.71. The summed E-state index contributed by atoms with van der Waals surface area (Å²) in [5.74, 6) is 0.723. The van der Waals surface area contributed by atoms with Crippen molar-refractivity contribution in [3.8, 4) is 5.75 Å². The Balaban J connectivity index is 1.67. The minimum atomic E-state index is -0.429. The fourth-order valence-electron chi connectivity index (χ4n) is 3.39. The van der Waals surface area contributed by atoms with Gasteiger partial charge in [-0.15, -0.1) is 11.8 Å². The summed E-state index contributed by atoms with van der Waals surface area (Å²) in [6.45, 7) is 4.89. The van der Waals surface area contributed by atoms with Gasteiger partial charge in [-0.05, 0) is 66.9 Å². The average molecular weight is 491 g/mol. The number of carbonyl (C=O) groups excluding carboxylic acids is 2. The van der Waals surface area contributed by atoms with E-state index in [1.54, 1.807) is 0 Å². The van der Waals surface area contributed by atoms with Gasteiger partial charge in [0.1, 0.15) is 11.0 Å². The summed E-state index contributed by atoms with van der Waals surface area (Å²) in [5.41, 5.74) is 2.41. The van der Waals surface area contributed by atoms with E-state index in [0.717, 1.165) is 53.3 Å². The number of rotatable bonds is 13. The molecule has 0 aromatic heterocycles. The van der Waals surface area contributed by atoms with E-state index in [2.05, 4.69) is 24.5 Å². The van der Waals surface area contributed by atoms with E-state index < -0.39 is 5.25 Å². The average Bonchev–Trinajstić information content (AvgIpc) is 2.88. The summed E-state index contributed by atoms with van der Waals surface area (Å²) in [6, 6.07) is 24.9. The molecule has 1 unspecified atom stereocenters. The standard InChI is InChI=1S/C29H34N2O3S/c1-3-5-12-27(32)30-23-15-19-26(20-16-23)35-28(22-10-8-7-9-11-22)29(33)31-24-13-17-25(18-14-24)34-21-6-4-2/h7-11,13-20,28H,3-6,12,21H2,1-2H3,(H,30,32)(H,31,33). The van der Waals surface area contributed by atoms with E-state index in [4.69, 9.17) is 4.74 Å². The van der Waals surface area contributed by atoms with E-state index in [1.807, 2.05) is 78.9 Å². The molecular formula is C29H34N2O3S. The number of anilines is 2. The smallest absolute Gasteiger partial charge is 0.242 e. The molecule has 0 heterocycles. The Morgan fingerprint density at radius 2 is 1.43 bits per heavy atom. The van der Waals surface area contributed by atoms with Crippen molar-refractivity contribution in [2.75, 3.05) is 17.2 Å². The van der Waals surface area contributed by atoms with Crippen LogP contribution in [0.2, 0.25) is 0 Å². The summed E-state index contributed by atoms with van der Waals surface area (Å²) in [6.07, 6.45) is 4.49. The molecule has 0 radical (unpaired) electrons. The van der Waals surface area contributed by atoms with Gasteiger partial charge in [0.05, 0.1) is 6.61 Å². The van der Waals surface area contributed by atoms with Gasteiger partial charge < -0.3 is 15.4 Å². The second kappa shape index (κ2) is 14.2. The summed E-state index contributed by atoms with van der Waals surface area (Å²) in [7, 11) is 0. The number of hydrogen-bond donors (Lipinski definition) is 2. The lowest BCUT2D eigenvalue weighted by molar-refractivity contribution is -0.116. The van der Waals surface area contributed by atoms with Crippen LogP contribution < -0.4 is 15.4 Å². The Bertz CT molecular complexity index is 1050. The van der Waals surface area contributed by atoms with Crippen molar-refractivity contribution in [3.63, 3.8) is 0 Å². The quantitative estimate of drug-likeness (QED) is 0.193. The van der Waals surface area contributed by atoms with Crippen molar-refractivity contribution in [1.82, 2.24) is 0 Å². The molecule has 1 atom stereocenters. The second-order valence-electron chi connectivity index (χ2n) is 8.30. The molecule has 5 nitrogen and oxygen atoms in total. The third kappa shape index (κ3) is 8.80. The predicted octanol–water partition coefficient (Wildman–Crippen LogP) is 7.47. The molecule has 0 bridgehead atoms. The van der Waals surface area contributed by atoms with E-state index in [1.165, 1.54) is 11.8 Å². The molecular weight excluding hydrogens is 456 g/mol. The lowest BCUT2D eigenvalue weighted by atomic mass is 10.1. The Morgan fingerprint density at radius 3 is 2.09 bits per heavy atom. The van der Waals surface area contributed by atoms with Gasteiger partial charge in [0.2, 0.25) is 11.8 Å². The molecule has 0 fully saturated rings. The second-order valence-corrected chi connectivity index (χ2v) is 9.48. The zero-order valence-electron chi connectivity index (χ0n) is 20.5. The third-order valence-electron chi connectivity index (χ3n) is 5.38. The van der Waals surface area contributed by atoms with Crippen molar-refractivity contribution in [2.24, 2.45) is 0 Å². The number of benzene rings is 3. The number of carbonyl (C=O) groups is 2. The highest BCUT2D eigenvalue weighted by Gasteiger charge is 2.22. The highest BCUT2D eigenvalue weighted by Crippen LogP contribution is 2.36. The van der Waals surface area contributed by atoms with Crippen LogP contribution in [0, 0.1) is 0 Å². The van der Waals surface area contributed by atoms with Gasteiger partial charge in [-0.1, -0.05) is 57.0 Å². The molecule has 184 valence electrons. The first kappa shape index (κ1) is 26.4. The van der Waals surface area contributed by atoms with Crippen molar-refractivity contribution < 1.29 is 14.3 Å². The molecule has 0 saturated heterocycles. The SMILES string of the molecule is CCCCOc1ccc(NC(=O)C(Sc2ccc(NC(=O)CCCC)cc2)c2ccccc2)cc1. The summed E-state index contributed by atoms with van der Waals surface area (Å²) in [5, 5.41) is 5.54. The van der Waals surface area contributed by atoms with Crippen LogP contribution in [-0.4, -0.2) is 18.4 Å². The van der Waals surface area contributed by atoms with E-state index in [9.17, 15) is 9.59 Å². The van der Waals surface area contributed by atoms with Crippen molar-refractivity contribution in [3.05, 3.63) is 84.4 Å². The predicted molar refractivity (Wildman–Crippen MR) is 145 cm³/mol. The molecule has 6 heteroatoms. The summed E-state index contributed by atoms with van der Waals surface area (Å²) >= 11 is 1.48. The lowest BCUT2D eigenvalue weighted by Crippen LogP contribution is -2.19. The molecule has 2 amide bonds. The Labute approximate surface area is 212 Å². The van der Waals surface area contributed by atoms with Crippen LogP contribution in [0.15, 0.2) is 83.8 Å². The maximum absolute atomic E-state index is 13.3. The molecule has 0 aliphatic rings. The normalized spacial score (nSPS) is 11.5. The van der Waals surface area contributed by atoms with Crippen LogP contribution in [0.5, 0.6) is 5.75 Å². The number of thioether (sulfide) groups is 1. The van der Waals surface area contributed by atoms with Gasteiger partial charge in [-0.25, -0.2) is 0 Å². The molecule has 2 N–H and O–H groups in total. The van der Waals surface area contributed by atoms with Crippen LogP contribution in [0.25, 0.3) is 0 Å². The van der Waals surface area contributed by atoms with E-state index >= 15 is 0 Å². The minimum absolute atomic E-state index is 0.0237. The largest absolute Gasteiger partial charge is 0.494 e. The van der Waals surface area contributed by atoms with E-state index in [0.29, 0.717) is 13.0 Å². The molecule has 0 spiro atoms. The van der Waals surface area contributed by atoms with Crippen LogP contribution in [0.1, 0.15) is 56.8 Å². The van der Waals surface area contributed by atoms with E-state index in [-0.39, 0.29) is 11.8 Å². The molecule has 0 aliphatic carbocycles. The first-order chi connectivity index (χ1) is 17.1. The van der Waals surface area contributed by atoms with Gasteiger partial charge in [0, 0.05) is 22.7 Å². The van der Waals surface area contributed by atoms with Crippen LogP contribution >= 0.6 is 11.8 Å². The number of ether oxygens (including phenoxy) is 1. The van der Waals surface area contributed by atoms with Gasteiger partial charge in [-0.2, -0.15) is 0 Å². The fraction of sp³-hybridized carbons (Fsp3) is 0.310. The highest BCUT2D eigenvalue weighted by atomic mass is 32.2. The number of hydrogen-bond acceptors (Lipinski definition) is 4. The van der Waals surface area contributed by atoms with Gasteiger partial charge in [0.15, 0.2) is 0 Å². The molecule has 35 heavy (non-hydrogen) atoms. The zero-order valence-corrected chi connectivity index (χ0v) is 21.3. The first-order valence-electron chi connectivity index (χ1n) is 12.2. The number of amides is 2. The van der Waals surface area contributed by atoms with Gasteiger partial charge in [0.25, 0.3) is 0 Å². The van der Waals surface area contributed by atoms with Crippen molar-refractivity contribution in [1.29, 1.82) is 0 Å². The third-order valence-corrected chi connectivity index (χ3v) is 6.64. The molecule has 3 aromatic carbocycles. The first-order valence-corrected chi connectivity index (χ1v) is 13.1. The van der Waals surface area contributed by atoms with Gasteiger partial charge in [-0.3, -0.25) is 9.59 Å². The van der Waals surface area contributed by atoms with Crippen molar-refractivity contribution >= 4 is 35.0 Å². The number of unbranched alkanes of at least 4 members (excludes halogenated alkanes) is 2. The Hall–Kier alpha value is -3.25. The van der Waals surface area contributed by atoms with Gasteiger partial charge >= 0.3 is 0 Å². The molecule has 3 rings (SSSR count). The highest BCUT2D eigenvalue weighted by molar-refractivity contribution is 8.00.